The van der Waals surface area contributed by atoms with Gasteiger partial charge in [0, 0.05) is 12.3 Å². The van der Waals surface area contributed by atoms with Crippen LogP contribution >= 0.6 is 0 Å². The third-order valence-electron chi connectivity index (χ3n) is 2.84. The molecule has 0 aromatic rings. The number of carbonyl (C=O) groups excluding carboxylic acids is 1. The molecule has 2 heteroatoms. The Morgan fingerprint density at radius 2 is 1.50 bits per heavy atom. The zero-order valence-corrected chi connectivity index (χ0v) is 12.2. The Morgan fingerprint density at radius 3 is 1.81 bits per heavy atom. The van der Waals surface area contributed by atoms with E-state index in [0.717, 1.165) is 38.9 Å². The van der Waals surface area contributed by atoms with Crippen LogP contribution in [0.2, 0.25) is 0 Å². The highest BCUT2D eigenvalue weighted by atomic mass is 16.1. The van der Waals surface area contributed by atoms with E-state index in [0.29, 0.717) is 11.7 Å². The van der Waals surface area contributed by atoms with Crippen LogP contribution in [0, 0.1) is 5.92 Å². The SMILES string of the molecule is CC.CC.CCC(=O)C1CCN(CC)CC1. The predicted molar refractivity (Wildman–Crippen MR) is 72.8 cm³/mol. The number of likely N-dealkylation sites (tertiary alicyclic amines) is 1. The molecule has 0 saturated carbocycles. The molecule has 1 fully saturated rings. The summed E-state index contributed by atoms with van der Waals surface area (Å²) in [6.45, 7) is 15.5. The van der Waals surface area contributed by atoms with E-state index in [1.165, 1.54) is 0 Å². The van der Waals surface area contributed by atoms with Crippen molar-refractivity contribution >= 4 is 5.78 Å². The number of Topliss-reactive ketones (excluding diaryl/α,β-unsaturated/α-hetero) is 1. The van der Waals surface area contributed by atoms with E-state index in [1.54, 1.807) is 0 Å². The first-order valence-electron chi connectivity index (χ1n) is 7.03. The second kappa shape index (κ2) is 12.7. The molecule has 1 aliphatic heterocycles. The zero-order valence-electron chi connectivity index (χ0n) is 12.2. The fraction of sp³-hybridized carbons (Fsp3) is 0.929. The molecule has 1 rings (SSSR count). The Labute approximate surface area is 102 Å². The van der Waals surface area contributed by atoms with Gasteiger partial charge in [-0.2, -0.15) is 0 Å². The molecule has 0 aromatic carbocycles. The molecule has 0 bridgehead atoms. The van der Waals surface area contributed by atoms with Gasteiger partial charge in [-0.25, -0.2) is 0 Å². The van der Waals surface area contributed by atoms with Gasteiger partial charge in [0.25, 0.3) is 0 Å². The molecule has 0 radical (unpaired) electrons. The van der Waals surface area contributed by atoms with E-state index in [9.17, 15) is 4.79 Å². The third-order valence-corrected chi connectivity index (χ3v) is 2.84. The molecule has 0 amide bonds. The smallest absolute Gasteiger partial charge is 0.135 e. The van der Waals surface area contributed by atoms with Crippen LogP contribution < -0.4 is 0 Å². The molecular weight excluding hydrogens is 198 g/mol. The monoisotopic (exact) mass is 229 g/mol. The maximum absolute atomic E-state index is 11.3. The Bertz CT molecular complexity index is 149. The van der Waals surface area contributed by atoms with Crippen molar-refractivity contribution in [1.29, 1.82) is 0 Å². The number of piperidine rings is 1. The minimum atomic E-state index is 0.373. The van der Waals surface area contributed by atoms with Crippen LogP contribution in [-0.4, -0.2) is 30.3 Å². The van der Waals surface area contributed by atoms with Gasteiger partial charge in [0.15, 0.2) is 0 Å². The van der Waals surface area contributed by atoms with Crippen molar-refractivity contribution in [3.8, 4) is 0 Å². The molecule has 0 aromatic heterocycles. The number of carbonyl (C=O) groups is 1. The van der Waals surface area contributed by atoms with Gasteiger partial charge < -0.3 is 4.90 Å². The maximum atomic E-state index is 11.3. The number of hydrogen-bond donors (Lipinski definition) is 0. The van der Waals surface area contributed by atoms with Crippen molar-refractivity contribution in [2.24, 2.45) is 5.92 Å². The second-order valence-corrected chi connectivity index (χ2v) is 3.53. The summed E-state index contributed by atoms with van der Waals surface area (Å²) in [4.78, 5) is 13.8. The summed E-state index contributed by atoms with van der Waals surface area (Å²) in [5.41, 5.74) is 0. The Hall–Kier alpha value is -0.370. The average Bonchev–Trinajstić information content (AvgIpc) is 2.42. The molecule has 2 nitrogen and oxygen atoms in total. The van der Waals surface area contributed by atoms with E-state index < -0.39 is 0 Å². The normalized spacial score (nSPS) is 16.6. The lowest BCUT2D eigenvalue weighted by atomic mass is 9.91. The van der Waals surface area contributed by atoms with Crippen LogP contribution in [0.3, 0.4) is 0 Å². The van der Waals surface area contributed by atoms with Crippen LogP contribution in [0.15, 0.2) is 0 Å². The summed E-state index contributed by atoms with van der Waals surface area (Å²) >= 11 is 0. The van der Waals surface area contributed by atoms with Crippen LogP contribution in [0.1, 0.15) is 60.8 Å². The molecular formula is C14H31NO. The predicted octanol–water partition coefficient (Wildman–Crippen LogP) is 3.75. The van der Waals surface area contributed by atoms with Gasteiger partial charge in [0.1, 0.15) is 5.78 Å². The average molecular weight is 229 g/mol. The first-order valence-corrected chi connectivity index (χ1v) is 7.03. The molecule has 0 aliphatic carbocycles. The van der Waals surface area contributed by atoms with Gasteiger partial charge >= 0.3 is 0 Å². The lowest BCUT2D eigenvalue weighted by molar-refractivity contribution is -0.123. The highest BCUT2D eigenvalue weighted by molar-refractivity contribution is 5.80. The number of hydrogen-bond acceptors (Lipinski definition) is 2. The largest absolute Gasteiger partial charge is 0.304 e. The summed E-state index contributed by atoms with van der Waals surface area (Å²) < 4.78 is 0. The van der Waals surface area contributed by atoms with Crippen LogP contribution in [-0.2, 0) is 4.79 Å². The summed E-state index contributed by atoms with van der Waals surface area (Å²) in [5, 5.41) is 0. The number of rotatable bonds is 3. The van der Waals surface area contributed by atoms with E-state index in [-0.39, 0.29) is 0 Å². The van der Waals surface area contributed by atoms with Gasteiger partial charge in [-0.1, -0.05) is 41.5 Å². The number of nitrogens with zero attached hydrogens (tertiary/aromatic N) is 1. The molecule has 0 atom stereocenters. The van der Waals surface area contributed by atoms with E-state index in [2.05, 4.69) is 11.8 Å². The standard InChI is InChI=1S/C10H19NO.2C2H6/c1-3-10(12)9-5-7-11(4-2)8-6-9;2*1-2/h9H,3-8H2,1-2H3;2*1-2H3. The maximum Gasteiger partial charge on any atom is 0.135 e. The summed E-state index contributed by atoms with van der Waals surface area (Å²) in [6, 6.07) is 0. The van der Waals surface area contributed by atoms with Gasteiger partial charge in [0.05, 0.1) is 0 Å². The minimum Gasteiger partial charge on any atom is -0.304 e. The van der Waals surface area contributed by atoms with E-state index in [1.807, 2.05) is 34.6 Å². The number of ketones is 1. The Balaban J connectivity index is 0. The van der Waals surface area contributed by atoms with Crippen LogP contribution in [0.4, 0.5) is 0 Å². The van der Waals surface area contributed by atoms with Gasteiger partial charge in [-0.05, 0) is 32.5 Å². The Kier molecular flexibility index (Phi) is 14.3. The lowest BCUT2D eigenvalue weighted by Crippen LogP contribution is -2.35. The molecule has 1 aliphatic rings. The van der Waals surface area contributed by atoms with Gasteiger partial charge in [-0.3, -0.25) is 4.79 Å². The highest BCUT2D eigenvalue weighted by Crippen LogP contribution is 2.18. The van der Waals surface area contributed by atoms with Crippen molar-refractivity contribution in [1.82, 2.24) is 4.90 Å². The van der Waals surface area contributed by atoms with Crippen molar-refractivity contribution in [2.75, 3.05) is 19.6 Å². The first-order chi connectivity index (χ1) is 7.77. The van der Waals surface area contributed by atoms with E-state index >= 15 is 0 Å². The van der Waals surface area contributed by atoms with Crippen LogP contribution in [0.5, 0.6) is 0 Å². The fourth-order valence-electron chi connectivity index (χ4n) is 1.86. The van der Waals surface area contributed by atoms with Crippen LogP contribution in [0.25, 0.3) is 0 Å². The van der Waals surface area contributed by atoms with Crippen molar-refractivity contribution in [3.63, 3.8) is 0 Å². The Morgan fingerprint density at radius 1 is 1.06 bits per heavy atom. The molecule has 16 heavy (non-hydrogen) atoms. The van der Waals surface area contributed by atoms with Crippen molar-refractivity contribution in [3.05, 3.63) is 0 Å². The highest BCUT2D eigenvalue weighted by Gasteiger charge is 2.22. The topological polar surface area (TPSA) is 20.3 Å². The lowest BCUT2D eigenvalue weighted by Gasteiger charge is -2.29. The summed E-state index contributed by atoms with van der Waals surface area (Å²) in [7, 11) is 0. The summed E-state index contributed by atoms with van der Waals surface area (Å²) in [6.07, 6.45) is 2.89. The quantitative estimate of drug-likeness (QED) is 0.734. The van der Waals surface area contributed by atoms with Gasteiger partial charge in [-0.15, -0.1) is 0 Å². The molecule has 98 valence electrons. The van der Waals surface area contributed by atoms with Gasteiger partial charge in [0.2, 0.25) is 0 Å². The molecule has 0 N–H and O–H groups in total. The molecule has 1 saturated heterocycles. The minimum absolute atomic E-state index is 0.373. The first kappa shape index (κ1) is 18.0. The third kappa shape index (κ3) is 7.00. The van der Waals surface area contributed by atoms with Crippen molar-refractivity contribution in [2.45, 2.75) is 60.8 Å². The molecule has 0 spiro atoms. The fourth-order valence-corrected chi connectivity index (χ4v) is 1.86. The zero-order chi connectivity index (χ0) is 13.0. The summed E-state index contributed by atoms with van der Waals surface area (Å²) in [5.74, 6) is 0.837. The second-order valence-electron chi connectivity index (χ2n) is 3.53. The van der Waals surface area contributed by atoms with E-state index in [4.69, 9.17) is 0 Å². The molecule has 0 unspecified atom stereocenters. The van der Waals surface area contributed by atoms with Crippen molar-refractivity contribution < 1.29 is 4.79 Å². The molecule has 1 heterocycles.